The number of benzene rings is 1. The fraction of sp³-hybridized carbons (Fsp3) is 0.412. The lowest BCUT2D eigenvalue weighted by molar-refractivity contribution is 0.479. The highest BCUT2D eigenvalue weighted by Crippen LogP contribution is 2.26. The van der Waals surface area contributed by atoms with Gasteiger partial charge < -0.3 is 9.80 Å². The zero-order valence-corrected chi connectivity index (χ0v) is 13.0. The lowest BCUT2D eigenvalue weighted by Crippen LogP contribution is -2.44. The van der Waals surface area contributed by atoms with Crippen LogP contribution in [0.15, 0.2) is 36.8 Å². The summed E-state index contributed by atoms with van der Waals surface area (Å²) in [7, 11) is 2.08. The molecule has 0 amide bonds. The summed E-state index contributed by atoms with van der Waals surface area (Å²) in [5.41, 5.74) is 2.14. The molecule has 0 radical (unpaired) electrons. The average Bonchev–Trinajstić information content (AvgIpc) is 2.55. The van der Waals surface area contributed by atoms with Crippen molar-refractivity contribution in [3.63, 3.8) is 0 Å². The smallest absolute Gasteiger partial charge is 0.147 e. The van der Waals surface area contributed by atoms with E-state index in [0.717, 1.165) is 43.0 Å². The minimum atomic E-state index is -0.168. The van der Waals surface area contributed by atoms with Crippen molar-refractivity contribution < 1.29 is 4.39 Å². The summed E-state index contributed by atoms with van der Waals surface area (Å²) in [6.45, 7) is 3.92. The molecule has 0 saturated carbocycles. The molecule has 0 atom stereocenters. The zero-order valence-electron chi connectivity index (χ0n) is 13.0. The molecule has 0 N–H and O–H groups in total. The van der Waals surface area contributed by atoms with Crippen LogP contribution in [0.2, 0.25) is 0 Å². The van der Waals surface area contributed by atoms with E-state index in [1.54, 1.807) is 30.7 Å². The summed E-state index contributed by atoms with van der Waals surface area (Å²) in [5.74, 6) is 0.748. The van der Waals surface area contributed by atoms with Gasteiger partial charge in [0.05, 0.1) is 6.20 Å². The number of anilines is 2. The monoisotopic (exact) mass is 300 g/mol. The van der Waals surface area contributed by atoms with E-state index in [-0.39, 0.29) is 5.82 Å². The number of halogens is 1. The predicted octanol–water partition coefficient (Wildman–Crippen LogP) is 3.03. The Bertz CT molecular complexity index is 624. The molecule has 4 nitrogen and oxygen atoms in total. The number of hydrogen-bond acceptors (Lipinski definition) is 4. The van der Waals surface area contributed by atoms with Crippen molar-refractivity contribution in [3.8, 4) is 0 Å². The summed E-state index contributed by atoms with van der Waals surface area (Å²) < 4.78 is 13.2. The second-order valence-electron chi connectivity index (χ2n) is 5.82. The van der Waals surface area contributed by atoms with Crippen molar-refractivity contribution >= 4 is 11.5 Å². The van der Waals surface area contributed by atoms with E-state index in [1.165, 1.54) is 0 Å². The topological polar surface area (TPSA) is 32.3 Å². The van der Waals surface area contributed by atoms with E-state index >= 15 is 0 Å². The molecular formula is C17H21FN4. The van der Waals surface area contributed by atoms with Crippen molar-refractivity contribution in [3.05, 3.63) is 48.2 Å². The molecular weight excluding hydrogens is 279 g/mol. The molecule has 1 aliphatic heterocycles. The van der Waals surface area contributed by atoms with Gasteiger partial charge >= 0.3 is 0 Å². The first kappa shape index (κ1) is 14.8. The van der Waals surface area contributed by atoms with E-state index in [2.05, 4.69) is 26.8 Å². The van der Waals surface area contributed by atoms with E-state index < -0.39 is 0 Å². The second-order valence-corrected chi connectivity index (χ2v) is 5.82. The minimum Gasteiger partial charge on any atom is -0.371 e. The van der Waals surface area contributed by atoms with Crippen molar-refractivity contribution in [2.24, 2.45) is 0 Å². The van der Waals surface area contributed by atoms with Crippen LogP contribution in [-0.2, 0) is 0 Å². The Morgan fingerprint density at radius 2 is 2.00 bits per heavy atom. The van der Waals surface area contributed by atoms with Crippen LogP contribution >= 0.6 is 0 Å². The van der Waals surface area contributed by atoms with Crippen LogP contribution in [0.5, 0.6) is 0 Å². The fourth-order valence-corrected chi connectivity index (χ4v) is 3.13. The molecule has 1 fully saturated rings. The van der Waals surface area contributed by atoms with Gasteiger partial charge in [0.25, 0.3) is 0 Å². The highest BCUT2D eigenvalue weighted by Gasteiger charge is 2.24. The number of aryl methyl sites for hydroxylation is 1. The molecule has 1 aromatic heterocycles. The maximum Gasteiger partial charge on any atom is 0.147 e. The largest absolute Gasteiger partial charge is 0.371 e. The summed E-state index contributed by atoms with van der Waals surface area (Å²) in [6.07, 6.45) is 7.34. The summed E-state index contributed by atoms with van der Waals surface area (Å²) >= 11 is 0. The van der Waals surface area contributed by atoms with Gasteiger partial charge in [-0.3, -0.25) is 4.98 Å². The highest BCUT2D eigenvalue weighted by atomic mass is 19.1. The number of hydrogen-bond donors (Lipinski definition) is 0. The van der Waals surface area contributed by atoms with E-state index in [1.807, 2.05) is 13.0 Å². The summed E-state index contributed by atoms with van der Waals surface area (Å²) in [5, 5.41) is 0. The standard InChI is InChI=1S/C17H21FN4/c1-13-11-14(18)3-4-16(13)22-9-5-15(6-10-22)21(2)17-12-19-7-8-20-17/h3-4,7-8,11-12,15H,5-6,9-10H2,1-2H3. The predicted molar refractivity (Wildman–Crippen MR) is 86.8 cm³/mol. The Morgan fingerprint density at radius 3 is 2.64 bits per heavy atom. The van der Waals surface area contributed by atoms with E-state index in [9.17, 15) is 4.39 Å². The van der Waals surface area contributed by atoms with Gasteiger partial charge in [-0.05, 0) is 43.5 Å². The first-order valence-electron chi connectivity index (χ1n) is 7.65. The molecule has 5 heteroatoms. The average molecular weight is 300 g/mol. The van der Waals surface area contributed by atoms with Gasteiger partial charge in [0.15, 0.2) is 0 Å². The quantitative estimate of drug-likeness (QED) is 0.872. The van der Waals surface area contributed by atoms with Crippen LogP contribution in [-0.4, -0.2) is 36.1 Å². The van der Waals surface area contributed by atoms with Crippen LogP contribution in [0.4, 0.5) is 15.9 Å². The van der Waals surface area contributed by atoms with Crippen LogP contribution in [0, 0.1) is 12.7 Å². The molecule has 0 spiro atoms. The van der Waals surface area contributed by atoms with Crippen LogP contribution < -0.4 is 9.80 Å². The Hall–Kier alpha value is -2.17. The Balaban J connectivity index is 1.65. The number of nitrogens with zero attached hydrogens (tertiary/aromatic N) is 4. The third kappa shape index (κ3) is 3.03. The number of piperidine rings is 1. The van der Waals surface area contributed by atoms with Gasteiger partial charge in [0.1, 0.15) is 11.6 Å². The summed E-state index contributed by atoms with van der Waals surface area (Å²) in [6, 6.07) is 5.50. The number of rotatable bonds is 3. The van der Waals surface area contributed by atoms with Crippen LogP contribution in [0.1, 0.15) is 18.4 Å². The SMILES string of the molecule is Cc1cc(F)ccc1N1CCC(N(C)c2cnccn2)CC1. The molecule has 0 bridgehead atoms. The van der Waals surface area contributed by atoms with E-state index in [0.29, 0.717) is 6.04 Å². The van der Waals surface area contributed by atoms with Crippen molar-refractivity contribution in [2.45, 2.75) is 25.8 Å². The Kier molecular flexibility index (Phi) is 4.22. The maximum absolute atomic E-state index is 13.2. The van der Waals surface area contributed by atoms with Crippen LogP contribution in [0.3, 0.4) is 0 Å². The minimum absolute atomic E-state index is 0.168. The lowest BCUT2D eigenvalue weighted by atomic mass is 10.0. The molecule has 22 heavy (non-hydrogen) atoms. The Morgan fingerprint density at radius 1 is 1.23 bits per heavy atom. The van der Waals surface area contributed by atoms with Crippen molar-refractivity contribution in [1.82, 2.24) is 9.97 Å². The van der Waals surface area contributed by atoms with Crippen molar-refractivity contribution in [2.75, 3.05) is 29.9 Å². The Labute approximate surface area is 130 Å². The highest BCUT2D eigenvalue weighted by molar-refractivity contribution is 5.53. The molecule has 2 heterocycles. The van der Waals surface area contributed by atoms with Gasteiger partial charge in [-0.2, -0.15) is 0 Å². The van der Waals surface area contributed by atoms with Gasteiger partial charge in [0, 0.05) is 44.3 Å². The second kappa shape index (κ2) is 6.30. The third-order valence-electron chi connectivity index (χ3n) is 4.42. The fourth-order valence-electron chi connectivity index (χ4n) is 3.13. The normalized spacial score (nSPS) is 15.9. The van der Waals surface area contributed by atoms with Gasteiger partial charge in [-0.1, -0.05) is 0 Å². The molecule has 1 aliphatic rings. The molecule has 3 rings (SSSR count). The summed E-state index contributed by atoms with van der Waals surface area (Å²) in [4.78, 5) is 13.0. The van der Waals surface area contributed by atoms with E-state index in [4.69, 9.17) is 0 Å². The van der Waals surface area contributed by atoms with Crippen molar-refractivity contribution in [1.29, 1.82) is 0 Å². The van der Waals surface area contributed by atoms with Gasteiger partial charge in [-0.15, -0.1) is 0 Å². The van der Waals surface area contributed by atoms with Gasteiger partial charge in [0.2, 0.25) is 0 Å². The molecule has 1 saturated heterocycles. The first-order valence-corrected chi connectivity index (χ1v) is 7.65. The van der Waals surface area contributed by atoms with Crippen LogP contribution in [0.25, 0.3) is 0 Å². The molecule has 1 aromatic carbocycles. The maximum atomic E-state index is 13.2. The zero-order chi connectivity index (χ0) is 15.5. The van der Waals surface area contributed by atoms with Gasteiger partial charge in [-0.25, -0.2) is 9.37 Å². The molecule has 0 unspecified atom stereocenters. The lowest BCUT2D eigenvalue weighted by Gasteiger charge is -2.38. The number of aromatic nitrogens is 2. The molecule has 2 aromatic rings. The third-order valence-corrected chi connectivity index (χ3v) is 4.42. The first-order chi connectivity index (χ1) is 10.6. The molecule has 0 aliphatic carbocycles. The molecule has 116 valence electrons.